The van der Waals surface area contributed by atoms with E-state index in [1.54, 1.807) is 13.0 Å². The molecule has 0 spiro atoms. The number of nitriles is 1. The zero-order chi connectivity index (χ0) is 13.0. The molecule has 1 aromatic heterocycles. The lowest BCUT2D eigenvalue weighted by Gasteiger charge is -2.07. The third kappa shape index (κ3) is 2.78. The summed E-state index contributed by atoms with van der Waals surface area (Å²) in [6, 6.07) is 3.16. The van der Waals surface area contributed by atoms with Gasteiger partial charge in [-0.1, -0.05) is 0 Å². The first-order valence-corrected chi connectivity index (χ1v) is 4.68. The van der Waals surface area contributed by atoms with Crippen molar-refractivity contribution in [3.05, 3.63) is 22.9 Å². The van der Waals surface area contributed by atoms with E-state index in [9.17, 15) is 9.59 Å². The molecule has 6 nitrogen and oxygen atoms in total. The van der Waals surface area contributed by atoms with Gasteiger partial charge in [0.25, 0.3) is 0 Å². The van der Waals surface area contributed by atoms with Crippen molar-refractivity contribution < 1.29 is 19.1 Å². The molecule has 17 heavy (non-hydrogen) atoms. The molecule has 0 aliphatic heterocycles. The number of aromatic nitrogens is 1. The number of carbonyl (C=O) groups is 2. The first-order chi connectivity index (χ1) is 7.99. The highest BCUT2D eigenvalue weighted by Crippen LogP contribution is 2.21. The molecule has 0 atom stereocenters. The van der Waals surface area contributed by atoms with E-state index in [4.69, 9.17) is 10.00 Å². The van der Waals surface area contributed by atoms with Crippen LogP contribution in [-0.2, 0) is 9.53 Å². The first-order valence-electron chi connectivity index (χ1n) is 4.68. The maximum atomic E-state index is 11.6. The molecule has 0 bridgehead atoms. The van der Waals surface area contributed by atoms with Crippen molar-refractivity contribution in [2.24, 2.45) is 0 Å². The van der Waals surface area contributed by atoms with Gasteiger partial charge >= 0.3 is 11.9 Å². The fourth-order valence-electron chi connectivity index (χ4n) is 1.25. The Morgan fingerprint density at radius 1 is 1.47 bits per heavy atom. The van der Waals surface area contributed by atoms with E-state index in [0.717, 1.165) is 6.92 Å². The first kappa shape index (κ1) is 12.6. The van der Waals surface area contributed by atoms with Crippen molar-refractivity contribution in [3.8, 4) is 11.9 Å². The minimum atomic E-state index is -0.891. The fourth-order valence-corrected chi connectivity index (χ4v) is 1.25. The molecular weight excluding hydrogens is 224 g/mol. The van der Waals surface area contributed by atoms with Crippen LogP contribution in [0.3, 0.4) is 0 Å². The van der Waals surface area contributed by atoms with Crippen LogP contribution in [0.1, 0.15) is 28.5 Å². The van der Waals surface area contributed by atoms with Gasteiger partial charge in [-0.2, -0.15) is 5.26 Å². The van der Waals surface area contributed by atoms with Gasteiger partial charge in [-0.05, 0) is 13.0 Å². The van der Waals surface area contributed by atoms with Crippen molar-refractivity contribution in [3.63, 3.8) is 0 Å². The van der Waals surface area contributed by atoms with E-state index in [-0.39, 0.29) is 17.0 Å². The van der Waals surface area contributed by atoms with Gasteiger partial charge in [0.15, 0.2) is 0 Å². The monoisotopic (exact) mass is 234 g/mol. The Kier molecular flexibility index (Phi) is 3.78. The second kappa shape index (κ2) is 5.07. The average molecular weight is 234 g/mol. The number of aryl methyl sites for hydroxylation is 1. The molecule has 1 aromatic rings. The maximum Gasteiger partial charge on any atom is 0.347 e. The summed E-state index contributed by atoms with van der Waals surface area (Å²) >= 11 is 0. The highest BCUT2D eigenvalue weighted by atomic mass is 16.6. The normalized spacial score (nSPS) is 9.29. The number of methoxy groups -OCH3 is 1. The summed E-state index contributed by atoms with van der Waals surface area (Å²) in [7, 11) is 1.34. The van der Waals surface area contributed by atoms with Crippen molar-refractivity contribution in [1.29, 1.82) is 5.26 Å². The predicted octanol–water partition coefficient (Wildman–Crippen LogP) is 0.974. The average Bonchev–Trinajstić information content (AvgIpc) is 2.26. The fraction of sp³-hybridized carbons (Fsp3) is 0.273. The summed E-state index contributed by atoms with van der Waals surface area (Å²) in [6.07, 6.45) is 0. The molecule has 6 heteroatoms. The smallest absolute Gasteiger partial charge is 0.347 e. The summed E-state index contributed by atoms with van der Waals surface area (Å²) in [5.74, 6) is -1.60. The molecule has 0 N–H and O–H groups in total. The quantitative estimate of drug-likeness (QED) is 0.559. The second-order valence-electron chi connectivity index (χ2n) is 3.19. The zero-order valence-corrected chi connectivity index (χ0v) is 9.60. The number of hydrogen-bond donors (Lipinski definition) is 0. The van der Waals surface area contributed by atoms with E-state index in [1.165, 1.54) is 13.2 Å². The van der Waals surface area contributed by atoms with Crippen LogP contribution < -0.4 is 4.74 Å². The van der Waals surface area contributed by atoms with Gasteiger partial charge in [-0.3, -0.25) is 4.79 Å². The lowest BCUT2D eigenvalue weighted by atomic mass is 10.1. The van der Waals surface area contributed by atoms with Crippen LogP contribution in [0.2, 0.25) is 0 Å². The van der Waals surface area contributed by atoms with Gasteiger partial charge in [-0.15, -0.1) is 0 Å². The Hall–Kier alpha value is -2.42. The summed E-state index contributed by atoms with van der Waals surface area (Å²) < 4.78 is 9.31. The van der Waals surface area contributed by atoms with Crippen LogP contribution in [0.25, 0.3) is 0 Å². The van der Waals surface area contributed by atoms with Gasteiger partial charge in [0.1, 0.15) is 11.6 Å². The number of carbonyl (C=O) groups excluding carboxylic acids is 2. The number of ether oxygens (including phenoxy) is 2. The maximum absolute atomic E-state index is 11.6. The Bertz CT molecular complexity index is 517. The Morgan fingerprint density at radius 2 is 2.12 bits per heavy atom. The van der Waals surface area contributed by atoms with E-state index in [0.29, 0.717) is 5.69 Å². The standard InChI is InChI=1S/C11H10N2O4/c1-6-4-8(11(15)17-7(2)14)9(5-12)10(13-6)16-3/h4H,1-3H3. The minimum Gasteiger partial charge on any atom is -0.480 e. The molecular formula is C11H10N2O4. The number of pyridine rings is 1. The van der Waals surface area contributed by atoms with Crippen molar-refractivity contribution >= 4 is 11.9 Å². The van der Waals surface area contributed by atoms with Gasteiger partial charge in [-0.25, -0.2) is 9.78 Å². The molecule has 0 unspecified atom stereocenters. The lowest BCUT2D eigenvalue weighted by Crippen LogP contribution is -2.12. The third-order valence-electron chi connectivity index (χ3n) is 1.88. The van der Waals surface area contributed by atoms with Crippen LogP contribution >= 0.6 is 0 Å². The number of esters is 2. The molecule has 0 amide bonds. The molecule has 0 saturated carbocycles. The van der Waals surface area contributed by atoms with Crippen molar-refractivity contribution in [1.82, 2.24) is 4.98 Å². The van der Waals surface area contributed by atoms with E-state index >= 15 is 0 Å². The van der Waals surface area contributed by atoms with Crippen LogP contribution in [-0.4, -0.2) is 24.0 Å². The number of nitrogens with zero attached hydrogens (tertiary/aromatic N) is 2. The van der Waals surface area contributed by atoms with Crippen LogP contribution in [0.15, 0.2) is 6.07 Å². The lowest BCUT2D eigenvalue weighted by molar-refractivity contribution is -0.135. The summed E-state index contributed by atoms with van der Waals surface area (Å²) in [6.45, 7) is 2.74. The molecule has 0 aromatic carbocycles. The number of rotatable bonds is 2. The van der Waals surface area contributed by atoms with Gasteiger partial charge in [0.05, 0.1) is 12.7 Å². The van der Waals surface area contributed by atoms with E-state index in [1.807, 2.05) is 0 Å². The molecule has 88 valence electrons. The van der Waals surface area contributed by atoms with Gasteiger partial charge in [0.2, 0.25) is 5.88 Å². The van der Waals surface area contributed by atoms with E-state index in [2.05, 4.69) is 9.72 Å². The minimum absolute atomic E-state index is 0.0306. The number of hydrogen-bond acceptors (Lipinski definition) is 6. The van der Waals surface area contributed by atoms with E-state index < -0.39 is 11.9 Å². The third-order valence-corrected chi connectivity index (χ3v) is 1.88. The SMILES string of the molecule is COc1nc(C)cc(C(=O)OC(C)=O)c1C#N. The summed E-state index contributed by atoms with van der Waals surface area (Å²) in [5, 5.41) is 8.94. The largest absolute Gasteiger partial charge is 0.480 e. The van der Waals surface area contributed by atoms with Crippen molar-refractivity contribution in [2.75, 3.05) is 7.11 Å². The zero-order valence-electron chi connectivity index (χ0n) is 9.60. The van der Waals surface area contributed by atoms with Crippen LogP contribution in [0, 0.1) is 18.3 Å². The molecule has 0 fully saturated rings. The predicted molar refractivity (Wildman–Crippen MR) is 56.3 cm³/mol. The topological polar surface area (TPSA) is 89.3 Å². The Morgan fingerprint density at radius 3 is 2.59 bits per heavy atom. The molecule has 0 saturated heterocycles. The second-order valence-corrected chi connectivity index (χ2v) is 3.19. The summed E-state index contributed by atoms with van der Waals surface area (Å²) in [5.41, 5.74) is 0.396. The van der Waals surface area contributed by atoms with Gasteiger partial charge < -0.3 is 9.47 Å². The van der Waals surface area contributed by atoms with Crippen LogP contribution in [0.5, 0.6) is 5.88 Å². The molecule has 1 heterocycles. The van der Waals surface area contributed by atoms with Gasteiger partial charge in [0, 0.05) is 12.6 Å². The highest BCUT2D eigenvalue weighted by Gasteiger charge is 2.20. The molecule has 1 rings (SSSR count). The Labute approximate surface area is 97.8 Å². The summed E-state index contributed by atoms with van der Waals surface area (Å²) in [4.78, 5) is 26.2. The highest BCUT2D eigenvalue weighted by molar-refractivity contribution is 5.98. The Balaban J connectivity index is 3.32. The molecule has 0 radical (unpaired) electrons. The van der Waals surface area contributed by atoms with Crippen molar-refractivity contribution in [2.45, 2.75) is 13.8 Å². The molecule has 0 aliphatic carbocycles. The molecule has 0 aliphatic rings. The van der Waals surface area contributed by atoms with Crippen LogP contribution in [0.4, 0.5) is 0 Å².